The summed E-state index contributed by atoms with van der Waals surface area (Å²) in [5.74, 6) is 0. The van der Waals surface area contributed by atoms with Gasteiger partial charge >= 0.3 is 5.69 Å². The summed E-state index contributed by atoms with van der Waals surface area (Å²) in [6.45, 7) is 5.14. The number of hydrogen-bond acceptors (Lipinski definition) is 3. The van der Waals surface area contributed by atoms with E-state index in [9.17, 15) is 9.59 Å². The van der Waals surface area contributed by atoms with Crippen LogP contribution in [0.3, 0.4) is 0 Å². The van der Waals surface area contributed by atoms with Crippen molar-refractivity contribution in [2.75, 3.05) is 5.73 Å². The van der Waals surface area contributed by atoms with Crippen molar-refractivity contribution in [2.24, 2.45) is 0 Å². The second-order valence-corrected chi connectivity index (χ2v) is 4.22. The van der Waals surface area contributed by atoms with E-state index in [2.05, 4.69) is 6.92 Å². The maximum atomic E-state index is 12.0. The summed E-state index contributed by atoms with van der Waals surface area (Å²) in [7, 11) is 0. The van der Waals surface area contributed by atoms with Gasteiger partial charge in [-0.3, -0.25) is 13.9 Å². The van der Waals surface area contributed by atoms with Crippen LogP contribution in [0.1, 0.15) is 39.5 Å². The molecular formula is C12H21N3O2. The molecule has 5 nitrogen and oxygen atoms in total. The van der Waals surface area contributed by atoms with Gasteiger partial charge in [-0.05, 0) is 12.8 Å². The molecule has 0 saturated carbocycles. The van der Waals surface area contributed by atoms with Crippen LogP contribution in [0.4, 0.5) is 5.69 Å². The molecule has 0 aliphatic rings. The first-order valence-corrected chi connectivity index (χ1v) is 6.21. The highest BCUT2D eigenvalue weighted by Gasteiger charge is 2.08. The largest absolute Gasteiger partial charge is 0.393 e. The van der Waals surface area contributed by atoms with Crippen LogP contribution >= 0.6 is 0 Å². The van der Waals surface area contributed by atoms with Crippen molar-refractivity contribution >= 4 is 5.69 Å². The second-order valence-electron chi connectivity index (χ2n) is 4.22. The molecule has 2 N–H and O–H groups in total. The number of hydrogen-bond donors (Lipinski definition) is 1. The molecule has 17 heavy (non-hydrogen) atoms. The molecule has 0 amide bonds. The van der Waals surface area contributed by atoms with Crippen molar-refractivity contribution in [1.29, 1.82) is 0 Å². The molecule has 1 aromatic rings. The maximum Gasteiger partial charge on any atom is 0.331 e. The van der Waals surface area contributed by atoms with Crippen LogP contribution < -0.4 is 17.0 Å². The van der Waals surface area contributed by atoms with Gasteiger partial charge in [0.2, 0.25) is 0 Å². The molecule has 0 aromatic carbocycles. The van der Waals surface area contributed by atoms with Gasteiger partial charge in [0.15, 0.2) is 0 Å². The molecule has 1 heterocycles. The molecule has 1 rings (SSSR count). The Morgan fingerprint density at radius 3 is 2.29 bits per heavy atom. The molecule has 0 spiro atoms. The minimum Gasteiger partial charge on any atom is -0.393 e. The highest BCUT2D eigenvalue weighted by molar-refractivity contribution is 5.30. The first-order chi connectivity index (χ1) is 8.11. The van der Waals surface area contributed by atoms with Gasteiger partial charge in [0.25, 0.3) is 5.56 Å². The number of anilines is 1. The summed E-state index contributed by atoms with van der Waals surface area (Å²) in [6.07, 6.45) is 5.12. The number of nitrogens with two attached hydrogens (primary N) is 1. The Kier molecular flexibility index (Phi) is 5.00. The predicted octanol–water partition coefficient (Wildman–Crippen LogP) is 1.19. The van der Waals surface area contributed by atoms with E-state index in [-0.39, 0.29) is 16.9 Å². The van der Waals surface area contributed by atoms with E-state index >= 15 is 0 Å². The standard InChI is InChI=1S/C12H21N3O2/c1-3-5-7-14-9-10(13)11(16)15(12(14)17)8-6-4-2/h9H,3-8,13H2,1-2H3. The summed E-state index contributed by atoms with van der Waals surface area (Å²) < 4.78 is 2.78. The normalized spacial score (nSPS) is 10.7. The Morgan fingerprint density at radius 1 is 1.12 bits per heavy atom. The molecule has 0 aliphatic carbocycles. The molecule has 96 valence electrons. The highest BCUT2D eigenvalue weighted by atomic mass is 16.2. The topological polar surface area (TPSA) is 70.0 Å². The Hall–Kier alpha value is -1.52. The molecule has 0 atom stereocenters. The van der Waals surface area contributed by atoms with Crippen LogP contribution in [0.5, 0.6) is 0 Å². The van der Waals surface area contributed by atoms with Gasteiger partial charge in [0.05, 0.1) is 0 Å². The molecule has 0 bridgehead atoms. The lowest BCUT2D eigenvalue weighted by Crippen LogP contribution is -2.40. The third kappa shape index (κ3) is 3.22. The molecule has 0 aliphatic heterocycles. The van der Waals surface area contributed by atoms with E-state index in [4.69, 9.17) is 5.73 Å². The third-order valence-electron chi connectivity index (χ3n) is 2.75. The molecule has 0 unspecified atom stereocenters. The number of nitrogen functional groups attached to an aromatic ring is 1. The fourth-order valence-electron chi connectivity index (χ4n) is 1.68. The van der Waals surface area contributed by atoms with Gasteiger partial charge in [-0.25, -0.2) is 4.79 Å². The summed E-state index contributed by atoms with van der Waals surface area (Å²) in [6, 6.07) is 0. The van der Waals surface area contributed by atoms with Gasteiger partial charge in [-0.15, -0.1) is 0 Å². The lowest BCUT2D eigenvalue weighted by Gasteiger charge is -2.10. The molecule has 1 aromatic heterocycles. The van der Waals surface area contributed by atoms with Crippen molar-refractivity contribution in [2.45, 2.75) is 52.6 Å². The minimum atomic E-state index is -0.365. The Bertz CT molecular complexity index is 474. The van der Waals surface area contributed by atoms with E-state index < -0.39 is 0 Å². The number of aryl methyl sites for hydroxylation is 1. The highest BCUT2D eigenvalue weighted by Crippen LogP contribution is 1.96. The molecule has 0 saturated heterocycles. The smallest absolute Gasteiger partial charge is 0.331 e. The van der Waals surface area contributed by atoms with E-state index in [1.54, 1.807) is 0 Å². The first-order valence-electron chi connectivity index (χ1n) is 6.21. The molecule has 0 radical (unpaired) electrons. The van der Waals surface area contributed by atoms with Crippen LogP contribution in [0.2, 0.25) is 0 Å². The van der Waals surface area contributed by atoms with Crippen LogP contribution in [0.25, 0.3) is 0 Å². The van der Waals surface area contributed by atoms with Crippen molar-refractivity contribution in [3.05, 3.63) is 27.0 Å². The lowest BCUT2D eigenvalue weighted by atomic mass is 10.3. The Labute approximate surface area is 101 Å². The van der Waals surface area contributed by atoms with E-state index in [1.165, 1.54) is 15.3 Å². The number of aromatic nitrogens is 2. The van der Waals surface area contributed by atoms with Crippen LogP contribution in [-0.2, 0) is 13.1 Å². The van der Waals surface area contributed by atoms with Gasteiger partial charge < -0.3 is 5.73 Å². The van der Waals surface area contributed by atoms with E-state index in [0.29, 0.717) is 13.1 Å². The zero-order valence-electron chi connectivity index (χ0n) is 10.6. The summed E-state index contributed by atoms with van der Waals surface area (Å²) in [5, 5.41) is 0. The molecule has 0 fully saturated rings. The van der Waals surface area contributed by atoms with Gasteiger partial charge in [-0.2, -0.15) is 0 Å². The zero-order chi connectivity index (χ0) is 12.8. The van der Waals surface area contributed by atoms with Gasteiger partial charge in [0, 0.05) is 19.3 Å². The Balaban J connectivity index is 3.13. The van der Waals surface area contributed by atoms with Crippen molar-refractivity contribution in [3.8, 4) is 0 Å². The average molecular weight is 239 g/mol. The predicted molar refractivity (Wildman–Crippen MR) is 69.2 cm³/mol. The lowest BCUT2D eigenvalue weighted by molar-refractivity contribution is 0.519. The van der Waals surface area contributed by atoms with E-state index in [0.717, 1.165) is 25.7 Å². The number of nitrogens with zero attached hydrogens (tertiary/aromatic N) is 2. The maximum absolute atomic E-state index is 12.0. The third-order valence-corrected chi connectivity index (χ3v) is 2.75. The summed E-state index contributed by atoms with van der Waals surface area (Å²) in [4.78, 5) is 23.8. The van der Waals surface area contributed by atoms with Crippen LogP contribution in [-0.4, -0.2) is 9.13 Å². The minimum absolute atomic E-state index is 0.150. The van der Waals surface area contributed by atoms with Crippen molar-refractivity contribution in [3.63, 3.8) is 0 Å². The average Bonchev–Trinajstić information content (AvgIpc) is 2.32. The van der Waals surface area contributed by atoms with Gasteiger partial charge in [0.1, 0.15) is 5.69 Å². The quantitative estimate of drug-likeness (QED) is 0.810. The number of unbranched alkanes of at least 4 members (excludes halogenated alkanes) is 2. The summed E-state index contributed by atoms with van der Waals surface area (Å²) in [5.41, 5.74) is 5.18. The number of rotatable bonds is 6. The van der Waals surface area contributed by atoms with Crippen LogP contribution in [0.15, 0.2) is 15.8 Å². The molecular weight excluding hydrogens is 218 g/mol. The Morgan fingerprint density at radius 2 is 1.71 bits per heavy atom. The van der Waals surface area contributed by atoms with E-state index in [1.807, 2.05) is 6.92 Å². The fourth-order valence-corrected chi connectivity index (χ4v) is 1.68. The monoisotopic (exact) mass is 239 g/mol. The molecule has 5 heteroatoms. The van der Waals surface area contributed by atoms with Crippen molar-refractivity contribution in [1.82, 2.24) is 9.13 Å². The zero-order valence-corrected chi connectivity index (χ0v) is 10.6. The SMILES string of the molecule is CCCCn1cc(N)c(=O)n(CCCC)c1=O. The second kappa shape index (κ2) is 6.27. The fraction of sp³-hybridized carbons (Fsp3) is 0.667. The van der Waals surface area contributed by atoms with Crippen LogP contribution in [0, 0.1) is 0 Å². The van der Waals surface area contributed by atoms with Gasteiger partial charge in [-0.1, -0.05) is 26.7 Å². The first kappa shape index (κ1) is 13.5. The van der Waals surface area contributed by atoms with Crippen molar-refractivity contribution < 1.29 is 0 Å². The summed E-state index contributed by atoms with van der Waals surface area (Å²) >= 11 is 0.